The molecule has 3 rings (SSSR count). The van der Waals surface area contributed by atoms with Gasteiger partial charge in [0.15, 0.2) is 0 Å². The van der Waals surface area contributed by atoms with Gasteiger partial charge >= 0.3 is 6.18 Å². The minimum atomic E-state index is -4.53. The monoisotopic (exact) mass is 392 g/mol. The van der Waals surface area contributed by atoms with E-state index in [4.69, 9.17) is 0 Å². The number of nitrogens with zero attached hydrogens (tertiary/aromatic N) is 2. The van der Waals surface area contributed by atoms with Crippen molar-refractivity contribution in [3.63, 3.8) is 0 Å². The van der Waals surface area contributed by atoms with Crippen molar-refractivity contribution in [3.8, 4) is 0 Å². The second kappa shape index (κ2) is 7.26. The Hall–Kier alpha value is -2.90. The molecule has 0 heterocycles. The molecule has 2 aromatic carbocycles. The zero-order valence-electron chi connectivity index (χ0n) is 15.4. The summed E-state index contributed by atoms with van der Waals surface area (Å²) < 4.78 is 39.5. The Bertz CT molecular complexity index is 923. The molecule has 0 radical (unpaired) electrons. The van der Waals surface area contributed by atoms with Gasteiger partial charge in [-0.05, 0) is 56.9 Å². The molecule has 0 aliphatic heterocycles. The topological polar surface area (TPSA) is 63.5 Å². The molecule has 28 heavy (non-hydrogen) atoms. The third-order valence-electron chi connectivity index (χ3n) is 5.11. The zero-order chi connectivity index (χ0) is 20.6. The van der Waals surface area contributed by atoms with Gasteiger partial charge in [0.2, 0.25) is 0 Å². The first-order chi connectivity index (χ1) is 13.1. The van der Waals surface area contributed by atoms with Gasteiger partial charge in [0.25, 0.3) is 11.6 Å². The number of hydrogen-bond donors (Lipinski definition) is 0. The Morgan fingerprint density at radius 3 is 2.43 bits per heavy atom. The van der Waals surface area contributed by atoms with Crippen LogP contribution in [0.1, 0.15) is 41.3 Å². The minimum Gasteiger partial charge on any atom is -0.305 e. The molecule has 5 nitrogen and oxygen atoms in total. The summed E-state index contributed by atoms with van der Waals surface area (Å²) >= 11 is 0. The second-order valence-corrected chi connectivity index (χ2v) is 7.01. The molecular formula is C20H19F3N2O3. The van der Waals surface area contributed by atoms with Crippen LogP contribution in [0.25, 0.3) is 0 Å². The molecule has 8 heteroatoms. The number of alkyl halides is 3. The highest BCUT2D eigenvalue weighted by Crippen LogP contribution is 2.39. The molecule has 0 aromatic heterocycles. The highest BCUT2D eigenvalue weighted by molar-refractivity contribution is 6.08. The predicted octanol–water partition coefficient (Wildman–Crippen LogP) is 5.37. The Morgan fingerprint density at radius 2 is 1.86 bits per heavy atom. The summed E-state index contributed by atoms with van der Waals surface area (Å²) in [7, 11) is 0. The number of carbonyl (C=O) groups excluding carboxylic acids is 1. The number of benzene rings is 2. The summed E-state index contributed by atoms with van der Waals surface area (Å²) in [6, 6.07) is 8.46. The van der Waals surface area contributed by atoms with Gasteiger partial charge < -0.3 is 4.90 Å². The first-order valence-corrected chi connectivity index (χ1v) is 8.86. The largest absolute Gasteiger partial charge is 0.416 e. The van der Waals surface area contributed by atoms with Crippen LogP contribution < -0.4 is 4.90 Å². The molecule has 0 N–H and O–H groups in total. The van der Waals surface area contributed by atoms with Crippen LogP contribution in [0.4, 0.5) is 24.5 Å². The van der Waals surface area contributed by atoms with E-state index in [0.717, 1.165) is 25.0 Å². The van der Waals surface area contributed by atoms with Crippen molar-refractivity contribution < 1.29 is 22.9 Å². The molecule has 1 fully saturated rings. The number of amides is 1. The van der Waals surface area contributed by atoms with Crippen molar-refractivity contribution in [1.82, 2.24) is 0 Å². The van der Waals surface area contributed by atoms with E-state index < -0.39 is 22.6 Å². The number of anilines is 1. The second-order valence-electron chi connectivity index (χ2n) is 7.01. The highest BCUT2D eigenvalue weighted by atomic mass is 19.4. The fraction of sp³-hybridized carbons (Fsp3) is 0.350. The molecule has 0 bridgehead atoms. The number of carbonyl (C=O) groups is 1. The Morgan fingerprint density at radius 1 is 1.21 bits per heavy atom. The van der Waals surface area contributed by atoms with Crippen LogP contribution in [0.15, 0.2) is 42.5 Å². The summed E-state index contributed by atoms with van der Waals surface area (Å²) in [5.41, 5.74) is -0.614. The Labute approximate surface area is 159 Å². The molecule has 1 atom stereocenters. The van der Waals surface area contributed by atoms with Crippen molar-refractivity contribution in [2.75, 3.05) is 4.90 Å². The van der Waals surface area contributed by atoms with Crippen LogP contribution in [0.3, 0.4) is 0 Å². The average molecular weight is 392 g/mol. The summed E-state index contributed by atoms with van der Waals surface area (Å²) in [5.74, 6) is -0.350. The number of rotatable bonds is 5. The summed E-state index contributed by atoms with van der Waals surface area (Å²) in [5, 5.41) is 11.2. The van der Waals surface area contributed by atoms with E-state index in [9.17, 15) is 28.1 Å². The summed E-state index contributed by atoms with van der Waals surface area (Å²) in [6.45, 7) is 3.26. The quantitative estimate of drug-likeness (QED) is 0.508. The van der Waals surface area contributed by atoms with E-state index in [-0.39, 0.29) is 34.5 Å². The molecule has 148 valence electrons. The molecule has 2 aromatic rings. The van der Waals surface area contributed by atoms with Gasteiger partial charge in [-0.3, -0.25) is 14.9 Å². The van der Waals surface area contributed by atoms with E-state index in [1.54, 1.807) is 6.92 Å². The van der Waals surface area contributed by atoms with E-state index in [2.05, 4.69) is 0 Å². The fourth-order valence-electron chi connectivity index (χ4n) is 3.34. The Kier molecular flexibility index (Phi) is 5.14. The number of nitro benzene ring substituents is 1. The smallest absolute Gasteiger partial charge is 0.305 e. The molecule has 1 amide bonds. The van der Waals surface area contributed by atoms with Crippen molar-refractivity contribution in [1.29, 1.82) is 0 Å². The van der Waals surface area contributed by atoms with Crippen LogP contribution in [-0.2, 0) is 6.18 Å². The number of nitro groups is 1. The number of hydrogen-bond acceptors (Lipinski definition) is 3. The lowest BCUT2D eigenvalue weighted by Gasteiger charge is -2.30. The van der Waals surface area contributed by atoms with E-state index in [1.165, 1.54) is 42.2 Å². The third-order valence-corrected chi connectivity index (χ3v) is 5.11. The molecule has 0 saturated heterocycles. The lowest BCUT2D eigenvalue weighted by atomic mass is 10.0. The van der Waals surface area contributed by atoms with Crippen molar-refractivity contribution in [3.05, 3.63) is 69.3 Å². The van der Waals surface area contributed by atoms with Crippen LogP contribution in [-0.4, -0.2) is 16.9 Å². The standard InChI is InChI=1S/C20H19F3N2O3/c1-12-17(7-4-8-18(12)25(27)28)19(26)24(13(2)14-9-10-14)16-6-3-5-15(11-16)20(21,22)23/h3-8,11,13-14H,9-10H2,1-2H3. The molecule has 1 unspecified atom stereocenters. The Balaban J connectivity index is 2.08. The normalized spacial score (nSPS) is 15.2. The molecule has 1 saturated carbocycles. The zero-order valence-corrected chi connectivity index (χ0v) is 15.4. The van der Waals surface area contributed by atoms with E-state index >= 15 is 0 Å². The molecule has 0 spiro atoms. The van der Waals surface area contributed by atoms with Crippen molar-refractivity contribution in [2.24, 2.45) is 5.92 Å². The minimum absolute atomic E-state index is 0.110. The van der Waals surface area contributed by atoms with E-state index in [0.29, 0.717) is 0 Å². The average Bonchev–Trinajstić information content (AvgIpc) is 3.46. The van der Waals surface area contributed by atoms with Gasteiger partial charge in [-0.2, -0.15) is 13.2 Å². The molecular weight excluding hydrogens is 373 g/mol. The van der Waals surface area contributed by atoms with Gasteiger partial charge in [0, 0.05) is 28.9 Å². The van der Waals surface area contributed by atoms with Crippen LogP contribution in [0.5, 0.6) is 0 Å². The maximum atomic E-state index is 13.3. The van der Waals surface area contributed by atoms with Crippen LogP contribution in [0.2, 0.25) is 0 Å². The lowest BCUT2D eigenvalue weighted by Crippen LogP contribution is -2.40. The highest BCUT2D eigenvalue weighted by Gasteiger charge is 2.38. The first kappa shape index (κ1) is 19.9. The third kappa shape index (κ3) is 3.85. The van der Waals surface area contributed by atoms with Crippen molar-refractivity contribution >= 4 is 17.3 Å². The van der Waals surface area contributed by atoms with Crippen molar-refractivity contribution in [2.45, 2.75) is 38.9 Å². The van der Waals surface area contributed by atoms with Crippen LogP contribution >= 0.6 is 0 Å². The SMILES string of the molecule is Cc1c(C(=O)N(c2cccc(C(F)(F)F)c2)C(C)C2CC2)cccc1[N+](=O)[O-]. The van der Waals surface area contributed by atoms with Gasteiger partial charge in [-0.25, -0.2) is 0 Å². The maximum absolute atomic E-state index is 13.3. The van der Waals surface area contributed by atoms with E-state index in [1.807, 2.05) is 0 Å². The predicted molar refractivity (Wildman–Crippen MR) is 98.3 cm³/mol. The summed E-state index contributed by atoms with van der Waals surface area (Å²) in [4.78, 5) is 25.3. The van der Waals surface area contributed by atoms with Gasteiger partial charge in [0.05, 0.1) is 10.5 Å². The fourth-order valence-corrected chi connectivity index (χ4v) is 3.34. The van der Waals surface area contributed by atoms with Gasteiger partial charge in [-0.15, -0.1) is 0 Å². The first-order valence-electron chi connectivity index (χ1n) is 8.86. The molecule has 1 aliphatic rings. The molecule has 1 aliphatic carbocycles. The van der Waals surface area contributed by atoms with Gasteiger partial charge in [0.1, 0.15) is 0 Å². The maximum Gasteiger partial charge on any atom is 0.416 e. The lowest BCUT2D eigenvalue weighted by molar-refractivity contribution is -0.385. The number of halogens is 3. The van der Waals surface area contributed by atoms with Gasteiger partial charge in [-0.1, -0.05) is 12.1 Å². The van der Waals surface area contributed by atoms with Crippen LogP contribution in [0, 0.1) is 23.0 Å². The summed E-state index contributed by atoms with van der Waals surface area (Å²) in [6.07, 6.45) is -2.76.